The predicted octanol–water partition coefficient (Wildman–Crippen LogP) is 1.62. The lowest BCUT2D eigenvalue weighted by molar-refractivity contribution is -0.115. The highest BCUT2D eigenvalue weighted by Gasteiger charge is 2.24. The van der Waals surface area contributed by atoms with Crippen molar-refractivity contribution in [2.45, 2.75) is 32.7 Å². The van der Waals surface area contributed by atoms with Crippen molar-refractivity contribution in [2.75, 3.05) is 32.2 Å². The quantitative estimate of drug-likeness (QED) is 0.681. The number of amides is 1. The molecule has 0 aliphatic carbocycles. The van der Waals surface area contributed by atoms with Crippen LogP contribution in [0, 0.1) is 13.8 Å². The Morgan fingerprint density at radius 3 is 2.48 bits per heavy atom. The molecule has 0 aromatic heterocycles. The van der Waals surface area contributed by atoms with Crippen molar-refractivity contribution in [3.63, 3.8) is 0 Å². The van der Waals surface area contributed by atoms with Crippen LogP contribution in [0.2, 0.25) is 0 Å². The summed E-state index contributed by atoms with van der Waals surface area (Å²) < 4.78 is 5.14. The number of anilines is 1. The van der Waals surface area contributed by atoms with Crippen molar-refractivity contribution < 1.29 is 14.6 Å². The number of rotatable bonds is 8. The van der Waals surface area contributed by atoms with Crippen LogP contribution in [0.4, 0.5) is 5.69 Å². The molecule has 1 rings (SSSR count). The van der Waals surface area contributed by atoms with Gasteiger partial charge in [-0.2, -0.15) is 0 Å². The van der Waals surface area contributed by atoms with E-state index in [1.807, 2.05) is 39.0 Å². The van der Waals surface area contributed by atoms with Crippen LogP contribution in [0.15, 0.2) is 18.2 Å². The highest BCUT2D eigenvalue weighted by atomic mass is 16.5. The van der Waals surface area contributed by atoms with Gasteiger partial charge in [0.25, 0.3) is 0 Å². The zero-order valence-electron chi connectivity index (χ0n) is 13.3. The topological polar surface area (TPSA) is 70.6 Å². The molecule has 1 aromatic rings. The first kappa shape index (κ1) is 17.6. The molecule has 0 saturated carbocycles. The van der Waals surface area contributed by atoms with Gasteiger partial charge in [-0.05, 0) is 38.3 Å². The minimum absolute atomic E-state index is 0.0470. The van der Waals surface area contributed by atoms with E-state index in [9.17, 15) is 4.79 Å². The normalized spacial score (nSPS) is 13.8. The van der Waals surface area contributed by atoms with Gasteiger partial charge in [0.2, 0.25) is 5.91 Å². The van der Waals surface area contributed by atoms with Gasteiger partial charge in [-0.3, -0.25) is 4.79 Å². The smallest absolute Gasteiger partial charge is 0.238 e. The first-order valence-corrected chi connectivity index (χ1v) is 7.13. The van der Waals surface area contributed by atoms with Crippen LogP contribution >= 0.6 is 0 Å². The van der Waals surface area contributed by atoms with E-state index < -0.39 is 5.54 Å². The van der Waals surface area contributed by atoms with E-state index in [1.165, 1.54) is 0 Å². The first-order chi connectivity index (χ1) is 9.91. The maximum atomic E-state index is 12.1. The number of hydrogen-bond donors (Lipinski definition) is 3. The highest BCUT2D eigenvalue weighted by Crippen LogP contribution is 2.19. The van der Waals surface area contributed by atoms with Gasteiger partial charge in [-0.25, -0.2) is 0 Å². The second kappa shape index (κ2) is 8.12. The van der Waals surface area contributed by atoms with Gasteiger partial charge in [0.15, 0.2) is 0 Å². The molecule has 0 saturated heterocycles. The molecule has 0 aliphatic heterocycles. The summed E-state index contributed by atoms with van der Waals surface area (Å²) in [6.45, 7) is 6.52. The second-order valence-corrected chi connectivity index (χ2v) is 5.64. The molecular formula is C16H26N2O3. The van der Waals surface area contributed by atoms with E-state index in [1.54, 1.807) is 7.11 Å². The van der Waals surface area contributed by atoms with E-state index in [0.717, 1.165) is 16.8 Å². The fraction of sp³-hybridized carbons (Fsp3) is 0.562. The number of nitrogens with one attached hydrogen (secondary N) is 2. The van der Waals surface area contributed by atoms with E-state index in [-0.39, 0.29) is 19.1 Å². The van der Waals surface area contributed by atoms with Gasteiger partial charge in [-0.15, -0.1) is 0 Å². The summed E-state index contributed by atoms with van der Waals surface area (Å²) in [7, 11) is 1.61. The molecule has 0 aliphatic rings. The Labute approximate surface area is 126 Å². The second-order valence-electron chi connectivity index (χ2n) is 5.64. The van der Waals surface area contributed by atoms with Crippen molar-refractivity contribution in [2.24, 2.45) is 0 Å². The lowest BCUT2D eigenvalue weighted by atomic mass is 9.99. The van der Waals surface area contributed by atoms with Crippen LogP contribution in [-0.2, 0) is 9.53 Å². The Morgan fingerprint density at radius 1 is 1.33 bits per heavy atom. The number of methoxy groups -OCH3 is 1. The van der Waals surface area contributed by atoms with E-state index in [2.05, 4.69) is 10.6 Å². The lowest BCUT2D eigenvalue weighted by Gasteiger charge is -2.29. The van der Waals surface area contributed by atoms with Gasteiger partial charge >= 0.3 is 0 Å². The molecule has 1 aromatic carbocycles. The molecular weight excluding hydrogens is 268 g/mol. The Hall–Kier alpha value is -1.43. The van der Waals surface area contributed by atoms with Crippen LogP contribution in [0.1, 0.15) is 24.5 Å². The van der Waals surface area contributed by atoms with E-state index in [0.29, 0.717) is 13.0 Å². The molecule has 0 fully saturated rings. The van der Waals surface area contributed by atoms with Gasteiger partial charge < -0.3 is 20.5 Å². The molecule has 21 heavy (non-hydrogen) atoms. The number of aryl methyl sites for hydroxylation is 2. The maximum absolute atomic E-state index is 12.1. The largest absolute Gasteiger partial charge is 0.396 e. The Balaban J connectivity index is 2.61. The zero-order valence-corrected chi connectivity index (χ0v) is 13.3. The predicted molar refractivity (Wildman–Crippen MR) is 84.5 cm³/mol. The molecule has 3 N–H and O–H groups in total. The van der Waals surface area contributed by atoms with Gasteiger partial charge in [0.1, 0.15) is 0 Å². The van der Waals surface area contributed by atoms with Gasteiger partial charge in [0, 0.05) is 24.9 Å². The molecule has 0 spiro atoms. The Morgan fingerprint density at radius 2 is 1.95 bits per heavy atom. The summed E-state index contributed by atoms with van der Waals surface area (Å²) in [5.74, 6) is -0.104. The minimum Gasteiger partial charge on any atom is -0.396 e. The fourth-order valence-electron chi connectivity index (χ4n) is 2.27. The highest BCUT2D eigenvalue weighted by molar-refractivity contribution is 5.93. The maximum Gasteiger partial charge on any atom is 0.238 e. The van der Waals surface area contributed by atoms with Crippen molar-refractivity contribution in [3.8, 4) is 0 Å². The molecule has 1 amide bonds. The summed E-state index contributed by atoms with van der Waals surface area (Å²) in [5.41, 5.74) is 2.53. The lowest BCUT2D eigenvalue weighted by Crippen LogP contribution is -2.49. The monoisotopic (exact) mass is 294 g/mol. The van der Waals surface area contributed by atoms with Crippen molar-refractivity contribution in [3.05, 3.63) is 29.3 Å². The third kappa shape index (κ3) is 5.46. The van der Waals surface area contributed by atoms with Crippen molar-refractivity contribution in [1.82, 2.24) is 5.32 Å². The molecule has 1 atom stereocenters. The van der Waals surface area contributed by atoms with Crippen LogP contribution in [0.3, 0.4) is 0 Å². The molecule has 5 nitrogen and oxygen atoms in total. The van der Waals surface area contributed by atoms with Crippen LogP contribution in [-0.4, -0.2) is 43.4 Å². The van der Waals surface area contributed by atoms with Crippen LogP contribution in [0.25, 0.3) is 0 Å². The Bertz CT molecular complexity index is 448. The summed E-state index contributed by atoms with van der Waals surface area (Å²) >= 11 is 0. The number of aliphatic hydroxyl groups is 1. The van der Waals surface area contributed by atoms with E-state index >= 15 is 0 Å². The number of hydrogen-bond acceptors (Lipinski definition) is 4. The molecule has 0 radical (unpaired) electrons. The fourth-order valence-corrected chi connectivity index (χ4v) is 2.27. The average Bonchev–Trinajstić information content (AvgIpc) is 2.42. The number of benzene rings is 1. The molecule has 0 bridgehead atoms. The average molecular weight is 294 g/mol. The van der Waals surface area contributed by atoms with Crippen molar-refractivity contribution in [1.29, 1.82) is 0 Å². The number of aliphatic hydroxyl groups excluding tert-OH is 1. The number of para-hydroxylation sites is 1. The number of ether oxygens (including phenoxy) is 1. The zero-order chi connectivity index (χ0) is 15.9. The van der Waals surface area contributed by atoms with Gasteiger partial charge in [0.05, 0.1) is 13.2 Å². The molecule has 5 heteroatoms. The molecule has 118 valence electrons. The molecule has 1 unspecified atom stereocenters. The van der Waals surface area contributed by atoms with Crippen LogP contribution < -0.4 is 10.6 Å². The third-order valence-corrected chi connectivity index (χ3v) is 3.55. The van der Waals surface area contributed by atoms with Crippen LogP contribution in [0.5, 0.6) is 0 Å². The standard InChI is InChI=1S/C16H26N2O3/c1-12-6-5-7-13(2)15(12)18-14(20)10-17-16(3,8-9-19)11-21-4/h5-7,17,19H,8-11H2,1-4H3,(H,18,20). The van der Waals surface area contributed by atoms with Crippen molar-refractivity contribution >= 4 is 11.6 Å². The SMILES string of the molecule is COCC(C)(CCO)NCC(=O)Nc1c(C)cccc1C. The minimum atomic E-state index is -0.415. The summed E-state index contributed by atoms with van der Waals surface area (Å²) in [5, 5.41) is 15.2. The number of carbonyl (C=O) groups excluding carboxylic acids is 1. The van der Waals surface area contributed by atoms with E-state index in [4.69, 9.17) is 9.84 Å². The summed E-state index contributed by atoms with van der Waals surface area (Å²) in [6, 6.07) is 5.91. The third-order valence-electron chi connectivity index (χ3n) is 3.55. The first-order valence-electron chi connectivity index (χ1n) is 7.13. The summed E-state index contributed by atoms with van der Waals surface area (Å²) in [4.78, 5) is 12.1. The molecule has 0 heterocycles. The number of carbonyl (C=O) groups is 1. The van der Waals surface area contributed by atoms with Gasteiger partial charge in [-0.1, -0.05) is 18.2 Å². The summed E-state index contributed by atoms with van der Waals surface area (Å²) in [6.07, 6.45) is 0.525. The Kier molecular flexibility index (Phi) is 6.81.